The molecule has 0 aliphatic rings. The van der Waals surface area contributed by atoms with Gasteiger partial charge in [-0.15, -0.1) is 0 Å². The predicted molar refractivity (Wildman–Crippen MR) is 83.0 cm³/mol. The molecule has 0 fully saturated rings. The Balaban J connectivity index is 2.14. The molecule has 104 valence electrons. The summed E-state index contributed by atoms with van der Waals surface area (Å²) < 4.78 is 1.07. The van der Waals surface area contributed by atoms with Crippen molar-refractivity contribution in [2.45, 2.75) is 6.54 Å². The van der Waals surface area contributed by atoms with E-state index in [0.717, 1.165) is 16.8 Å². The van der Waals surface area contributed by atoms with Gasteiger partial charge in [0.2, 0.25) is 0 Å². The summed E-state index contributed by atoms with van der Waals surface area (Å²) in [5, 5.41) is 11.6. The highest BCUT2D eigenvalue weighted by molar-refractivity contribution is 9.10. The third kappa shape index (κ3) is 3.27. The van der Waals surface area contributed by atoms with Crippen LogP contribution in [0.25, 0.3) is 0 Å². The van der Waals surface area contributed by atoms with Crippen LogP contribution in [0.2, 0.25) is 0 Å². The van der Waals surface area contributed by atoms with Crippen LogP contribution in [0.4, 0.5) is 5.82 Å². The number of pyridine rings is 1. The zero-order chi connectivity index (χ0) is 14.5. The van der Waals surface area contributed by atoms with E-state index in [9.17, 15) is 0 Å². The van der Waals surface area contributed by atoms with Gasteiger partial charge < -0.3 is 15.8 Å². The topological polar surface area (TPSA) is 74.7 Å². The number of aromatic nitrogens is 1. The van der Waals surface area contributed by atoms with E-state index in [4.69, 9.17) is 10.9 Å². The van der Waals surface area contributed by atoms with Crippen molar-refractivity contribution >= 4 is 27.6 Å². The van der Waals surface area contributed by atoms with E-state index in [0.29, 0.717) is 5.56 Å². The Labute approximate surface area is 125 Å². The zero-order valence-corrected chi connectivity index (χ0v) is 12.6. The predicted octanol–water partition coefficient (Wildman–Crippen LogP) is 2.58. The first kappa shape index (κ1) is 14.3. The number of anilines is 1. The molecule has 0 saturated heterocycles. The summed E-state index contributed by atoms with van der Waals surface area (Å²) in [5.74, 6) is 0.868. The number of rotatable bonds is 4. The molecule has 2 rings (SSSR count). The summed E-state index contributed by atoms with van der Waals surface area (Å²) in [5.41, 5.74) is 7.27. The molecule has 0 amide bonds. The summed E-state index contributed by atoms with van der Waals surface area (Å²) in [7, 11) is 1.96. The molecule has 0 atom stereocenters. The van der Waals surface area contributed by atoms with Gasteiger partial charge in [0.05, 0.1) is 0 Å². The maximum absolute atomic E-state index is 8.61. The van der Waals surface area contributed by atoms with Crippen molar-refractivity contribution in [3.8, 4) is 0 Å². The van der Waals surface area contributed by atoms with Crippen molar-refractivity contribution in [1.82, 2.24) is 4.98 Å². The zero-order valence-electron chi connectivity index (χ0n) is 11.0. The average Bonchev–Trinajstić information content (AvgIpc) is 2.49. The lowest BCUT2D eigenvalue weighted by atomic mass is 10.2. The lowest BCUT2D eigenvalue weighted by Gasteiger charge is -2.19. The van der Waals surface area contributed by atoms with Gasteiger partial charge in [0.1, 0.15) is 5.82 Å². The van der Waals surface area contributed by atoms with Crippen molar-refractivity contribution in [3.63, 3.8) is 0 Å². The monoisotopic (exact) mass is 334 g/mol. The lowest BCUT2D eigenvalue weighted by molar-refractivity contribution is 0.318. The van der Waals surface area contributed by atoms with Gasteiger partial charge in [0.15, 0.2) is 5.84 Å². The molecule has 2 aromatic rings. The van der Waals surface area contributed by atoms with Gasteiger partial charge >= 0.3 is 0 Å². The number of nitrogens with two attached hydrogens (primary N) is 1. The van der Waals surface area contributed by atoms with Crippen LogP contribution < -0.4 is 10.6 Å². The second kappa shape index (κ2) is 6.38. The molecule has 6 heteroatoms. The second-order valence-corrected chi connectivity index (χ2v) is 5.19. The maximum Gasteiger partial charge on any atom is 0.171 e. The van der Waals surface area contributed by atoms with Gasteiger partial charge in [-0.1, -0.05) is 39.3 Å². The molecule has 1 aromatic carbocycles. The highest BCUT2D eigenvalue weighted by atomic mass is 79.9. The molecule has 0 spiro atoms. The Morgan fingerprint density at radius 1 is 1.35 bits per heavy atom. The second-order valence-electron chi connectivity index (χ2n) is 4.34. The molecular weight excluding hydrogens is 320 g/mol. The number of benzene rings is 1. The number of hydrogen-bond donors (Lipinski definition) is 2. The van der Waals surface area contributed by atoms with Gasteiger partial charge in [0, 0.05) is 29.8 Å². The SMILES string of the molecule is CN(Cc1ccccc1Br)c1ccc(C(N)=NO)cn1. The molecule has 3 N–H and O–H groups in total. The highest BCUT2D eigenvalue weighted by Gasteiger charge is 2.07. The largest absolute Gasteiger partial charge is 0.409 e. The van der Waals surface area contributed by atoms with Gasteiger partial charge in [-0.3, -0.25) is 0 Å². The summed E-state index contributed by atoms with van der Waals surface area (Å²) in [6.07, 6.45) is 1.58. The fourth-order valence-corrected chi connectivity index (χ4v) is 2.19. The molecule has 0 saturated carbocycles. The Bertz CT molecular complexity index is 613. The van der Waals surface area contributed by atoms with Crippen LogP contribution in [0.5, 0.6) is 0 Å². The molecule has 0 radical (unpaired) electrons. The van der Waals surface area contributed by atoms with E-state index in [1.807, 2.05) is 36.2 Å². The fourth-order valence-electron chi connectivity index (χ4n) is 1.78. The van der Waals surface area contributed by atoms with E-state index in [1.165, 1.54) is 5.56 Å². The maximum atomic E-state index is 8.61. The number of halogens is 1. The van der Waals surface area contributed by atoms with Gasteiger partial charge in [-0.25, -0.2) is 4.98 Å². The van der Waals surface area contributed by atoms with E-state index in [1.54, 1.807) is 12.3 Å². The summed E-state index contributed by atoms with van der Waals surface area (Å²) in [6, 6.07) is 11.7. The molecule has 0 bridgehead atoms. The van der Waals surface area contributed by atoms with Gasteiger partial charge in [-0.05, 0) is 23.8 Å². The fraction of sp³-hybridized carbons (Fsp3) is 0.143. The highest BCUT2D eigenvalue weighted by Crippen LogP contribution is 2.19. The van der Waals surface area contributed by atoms with Crippen LogP contribution in [0.15, 0.2) is 52.2 Å². The van der Waals surface area contributed by atoms with Crippen LogP contribution >= 0.6 is 15.9 Å². The lowest BCUT2D eigenvalue weighted by Crippen LogP contribution is -2.19. The summed E-state index contributed by atoms with van der Waals surface area (Å²) in [4.78, 5) is 6.34. The molecule has 0 aliphatic heterocycles. The van der Waals surface area contributed by atoms with Crippen LogP contribution in [0.1, 0.15) is 11.1 Å². The van der Waals surface area contributed by atoms with Crippen molar-refractivity contribution in [2.75, 3.05) is 11.9 Å². The third-order valence-corrected chi connectivity index (χ3v) is 3.68. The first-order valence-electron chi connectivity index (χ1n) is 6.00. The standard InChI is InChI=1S/C14H15BrN4O/c1-19(9-11-4-2-3-5-12(11)15)13-7-6-10(8-17-13)14(16)18-20/h2-8,20H,9H2,1H3,(H2,16,18). The minimum atomic E-state index is 0.0532. The third-order valence-electron chi connectivity index (χ3n) is 2.91. The normalized spacial score (nSPS) is 11.4. The van der Waals surface area contributed by atoms with Crippen molar-refractivity contribution in [3.05, 3.63) is 58.2 Å². The van der Waals surface area contributed by atoms with Crippen LogP contribution in [-0.4, -0.2) is 23.1 Å². The average molecular weight is 335 g/mol. The van der Waals surface area contributed by atoms with E-state index >= 15 is 0 Å². The minimum absolute atomic E-state index is 0.0532. The van der Waals surface area contributed by atoms with E-state index in [2.05, 4.69) is 32.1 Å². The number of oxime groups is 1. The molecule has 1 heterocycles. The quantitative estimate of drug-likeness (QED) is 0.390. The first-order chi connectivity index (χ1) is 9.61. The van der Waals surface area contributed by atoms with Gasteiger partial charge in [-0.2, -0.15) is 0 Å². The Kier molecular flexibility index (Phi) is 4.57. The molecule has 0 aliphatic carbocycles. The van der Waals surface area contributed by atoms with E-state index < -0.39 is 0 Å². The number of hydrogen-bond acceptors (Lipinski definition) is 4. The molecule has 1 aromatic heterocycles. The minimum Gasteiger partial charge on any atom is -0.409 e. The summed E-state index contributed by atoms with van der Waals surface area (Å²) >= 11 is 3.53. The van der Waals surface area contributed by atoms with Crippen molar-refractivity contribution in [2.24, 2.45) is 10.9 Å². The number of amidine groups is 1. The smallest absolute Gasteiger partial charge is 0.171 e. The number of nitrogens with zero attached hydrogens (tertiary/aromatic N) is 3. The Morgan fingerprint density at radius 2 is 2.10 bits per heavy atom. The molecule has 20 heavy (non-hydrogen) atoms. The molecule has 5 nitrogen and oxygen atoms in total. The first-order valence-corrected chi connectivity index (χ1v) is 6.79. The van der Waals surface area contributed by atoms with Crippen LogP contribution in [-0.2, 0) is 6.54 Å². The Morgan fingerprint density at radius 3 is 2.70 bits per heavy atom. The van der Waals surface area contributed by atoms with Crippen LogP contribution in [0, 0.1) is 0 Å². The Hall–Kier alpha value is -2.08. The van der Waals surface area contributed by atoms with Crippen molar-refractivity contribution < 1.29 is 5.21 Å². The van der Waals surface area contributed by atoms with Crippen molar-refractivity contribution in [1.29, 1.82) is 0 Å². The van der Waals surface area contributed by atoms with Gasteiger partial charge in [0.25, 0.3) is 0 Å². The molecule has 0 unspecified atom stereocenters. The molecular formula is C14H15BrN4O. The van der Waals surface area contributed by atoms with E-state index in [-0.39, 0.29) is 5.84 Å². The van der Waals surface area contributed by atoms with Crippen LogP contribution in [0.3, 0.4) is 0 Å². The summed E-state index contributed by atoms with van der Waals surface area (Å²) in [6.45, 7) is 0.733.